The first-order chi connectivity index (χ1) is 9.18. The fourth-order valence-electron chi connectivity index (χ4n) is 3.35. The first-order valence-electron chi connectivity index (χ1n) is 7.16. The van der Waals surface area contributed by atoms with Gasteiger partial charge in [-0.15, -0.1) is 12.8 Å². The molecule has 2 aliphatic rings. The highest BCUT2D eigenvalue weighted by molar-refractivity contribution is 5.24. The third kappa shape index (κ3) is 4.07. The third-order valence-electron chi connectivity index (χ3n) is 4.29. The molecule has 1 fully saturated rings. The molecular formula is C16H28O3. The van der Waals surface area contributed by atoms with Gasteiger partial charge in [-0.25, -0.2) is 4.89 Å². The summed E-state index contributed by atoms with van der Waals surface area (Å²) in [5.41, 5.74) is 1.51. The van der Waals surface area contributed by atoms with Crippen molar-refractivity contribution >= 4 is 0 Å². The second kappa shape index (κ2) is 9.14. The van der Waals surface area contributed by atoms with Crippen molar-refractivity contribution in [1.82, 2.24) is 0 Å². The summed E-state index contributed by atoms with van der Waals surface area (Å²) in [6.07, 6.45) is 15.1. The average Bonchev–Trinajstić information content (AvgIpc) is 2.79. The van der Waals surface area contributed by atoms with Gasteiger partial charge in [0.2, 0.25) is 0 Å². The van der Waals surface area contributed by atoms with Crippen molar-refractivity contribution in [3.8, 4) is 12.8 Å². The van der Waals surface area contributed by atoms with E-state index in [0.717, 1.165) is 32.1 Å². The zero-order valence-electron chi connectivity index (χ0n) is 12.4. The molecule has 0 amide bonds. The zero-order chi connectivity index (χ0) is 14.9. The first kappa shape index (κ1) is 18.2. The molecule has 0 radical (unpaired) electrons. The quantitative estimate of drug-likeness (QED) is 0.355. The number of hydrogen-bond donors (Lipinski definition) is 2. The summed E-state index contributed by atoms with van der Waals surface area (Å²) in [6, 6.07) is 0. The number of aliphatic hydroxyl groups is 1. The van der Waals surface area contributed by atoms with Gasteiger partial charge in [0.15, 0.2) is 0 Å². The number of fused-ring (bicyclic) bond motifs is 1. The standard InChI is InChI=1S/C12H20O3.C2H6.C2H2/c1-12-7-2-3-11(13)10(12)5-4-9(12)6-8-15-14;2*1-2/h4,10-11,13-14H,2-3,5-8H2,1H3;1-2H3;1-2H/t10?,11-,12+;;/m0../s1. The van der Waals surface area contributed by atoms with Crippen LogP contribution < -0.4 is 0 Å². The Labute approximate surface area is 117 Å². The predicted octanol–water partition coefficient (Wildman–Crippen LogP) is 3.64. The van der Waals surface area contributed by atoms with Crippen LogP contribution >= 0.6 is 0 Å². The fraction of sp³-hybridized carbons (Fsp3) is 0.750. The van der Waals surface area contributed by atoms with E-state index in [9.17, 15) is 5.11 Å². The topological polar surface area (TPSA) is 49.7 Å². The predicted molar refractivity (Wildman–Crippen MR) is 78.6 cm³/mol. The van der Waals surface area contributed by atoms with Crippen LogP contribution in [-0.2, 0) is 4.89 Å². The molecule has 3 nitrogen and oxygen atoms in total. The second-order valence-corrected chi connectivity index (χ2v) is 5.03. The summed E-state index contributed by atoms with van der Waals surface area (Å²) in [5.74, 6) is 0.389. The van der Waals surface area contributed by atoms with Gasteiger partial charge in [-0.2, -0.15) is 0 Å². The molecule has 19 heavy (non-hydrogen) atoms. The summed E-state index contributed by atoms with van der Waals surface area (Å²) in [4.78, 5) is 4.15. The molecule has 2 rings (SSSR count). The van der Waals surface area contributed by atoms with Crippen LogP contribution in [0.3, 0.4) is 0 Å². The molecular weight excluding hydrogens is 240 g/mol. The van der Waals surface area contributed by atoms with Gasteiger partial charge in [0.1, 0.15) is 0 Å². The number of terminal acetylenes is 1. The minimum absolute atomic E-state index is 0.146. The molecule has 1 saturated carbocycles. The Morgan fingerprint density at radius 2 is 2.05 bits per heavy atom. The van der Waals surface area contributed by atoms with E-state index >= 15 is 0 Å². The minimum Gasteiger partial charge on any atom is -0.393 e. The summed E-state index contributed by atoms with van der Waals surface area (Å²) >= 11 is 0. The molecule has 0 spiro atoms. The molecule has 110 valence electrons. The highest BCUT2D eigenvalue weighted by Crippen LogP contribution is 2.53. The minimum atomic E-state index is -0.146. The maximum Gasteiger partial charge on any atom is 0.0857 e. The Bertz CT molecular complexity index is 296. The molecule has 0 heterocycles. The highest BCUT2D eigenvalue weighted by atomic mass is 17.1. The lowest BCUT2D eigenvalue weighted by atomic mass is 9.65. The van der Waals surface area contributed by atoms with E-state index < -0.39 is 0 Å². The van der Waals surface area contributed by atoms with Crippen LogP contribution in [0.2, 0.25) is 0 Å². The van der Waals surface area contributed by atoms with Crippen LogP contribution in [0.25, 0.3) is 0 Å². The Kier molecular flexibility index (Phi) is 8.75. The normalized spacial score (nSPS) is 32.1. The largest absolute Gasteiger partial charge is 0.393 e. The summed E-state index contributed by atoms with van der Waals surface area (Å²) in [5, 5.41) is 18.4. The van der Waals surface area contributed by atoms with Gasteiger partial charge in [0.05, 0.1) is 12.7 Å². The molecule has 1 unspecified atom stereocenters. The van der Waals surface area contributed by atoms with E-state index in [0.29, 0.717) is 12.5 Å². The van der Waals surface area contributed by atoms with Crippen LogP contribution in [0.1, 0.15) is 52.9 Å². The number of allylic oxidation sites excluding steroid dienone is 1. The van der Waals surface area contributed by atoms with Gasteiger partial charge in [0.25, 0.3) is 0 Å². The molecule has 2 N–H and O–H groups in total. The highest BCUT2D eigenvalue weighted by Gasteiger charge is 2.46. The number of rotatable bonds is 3. The average molecular weight is 268 g/mol. The molecule has 3 atom stereocenters. The maximum absolute atomic E-state index is 9.97. The first-order valence-corrected chi connectivity index (χ1v) is 7.16. The summed E-state index contributed by atoms with van der Waals surface area (Å²) in [7, 11) is 0. The van der Waals surface area contributed by atoms with Crippen molar-refractivity contribution in [2.45, 2.75) is 59.0 Å². The smallest absolute Gasteiger partial charge is 0.0857 e. The van der Waals surface area contributed by atoms with Gasteiger partial charge < -0.3 is 5.11 Å². The van der Waals surface area contributed by atoms with Crippen molar-refractivity contribution < 1.29 is 15.3 Å². The monoisotopic (exact) mass is 268 g/mol. The lowest BCUT2D eigenvalue weighted by Gasteiger charge is -2.42. The lowest BCUT2D eigenvalue weighted by Crippen LogP contribution is -2.38. The second-order valence-electron chi connectivity index (χ2n) is 5.03. The van der Waals surface area contributed by atoms with Gasteiger partial charge in [-0.1, -0.05) is 32.4 Å². The SMILES string of the molecule is C#C.CC.C[C@]12CCC[C@H](O)C1CC=C2CCOO. The molecule has 3 heteroatoms. The van der Waals surface area contributed by atoms with Crippen molar-refractivity contribution in [2.24, 2.45) is 11.3 Å². The molecule has 0 saturated heterocycles. The Hall–Kier alpha value is -0.820. The Morgan fingerprint density at radius 1 is 1.42 bits per heavy atom. The Morgan fingerprint density at radius 3 is 2.63 bits per heavy atom. The van der Waals surface area contributed by atoms with Crippen molar-refractivity contribution in [2.75, 3.05) is 6.61 Å². The van der Waals surface area contributed by atoms with Crippen LogP contribution in [0.5, 0.6) is 0 Å². The Balaban J connectivity index is 0.000000741. The van der Waals surface area contributed by atoms with Gasteiger partial charge in [0, 0.05) is 0 Å². The van der Waals surface area contributed by atoms with Gasteiger partial charge in [-0.05, 0) is 43.4 Å². The van der Waals surface area contributed by atoms with E-state index in [4.69, 9.17) is 5.26 Å². The lowest BCUT2D eigenvalue weighted by molar-refractivity contribution is -0.241. The van der Waals surface area contributed by atoms with E-state index in [-0.39, 0.29) is 11.5 Å². The molecule has 0 bridgehead atoms. The molecule has 2 aliphatic carbocycles. The van der Waals surface area contributed by atoms with E-state index in [1.54, 1.807) is 0 Å². The van der Waals surface area contributed by atoms with Crippen molar-refractivity contribution in [3.05, 3.63) is 11.6 Å². The number of hydrogen-bond acceptors (Lipinski definition) is 3. The molecule has 0 aromatic rings. The third-order valence-corrected chi connectivity index (χ3v) is 4.29. The van der Waals surface area contributed by atoms with Crippen LogP contribution in [0.15, 0.2) is 11.6 Å². The van der Waals surface area contributed by atoms with Crippen LogP contribution in [0.4, 0.5) is 0 Å². The zero-order valence-corrected chi connectivity index (χ0v) is 12.4. The van der Waals surface area contributed by atoms with Crippen molar-refractivity contribution in [1.29, 1.82) is 0 Å². The fourth-order valence-corrected chi connectivity index (χ4v) is 3.35. The van der Waals surface area contributed by atoms with Crippen molar-refractivity contribution in [3.63, 3.8) is 0 Å². The number of aliphatic hydroxyl groups excluding tert-OH is 1. The molecule has 0 aromatic carbocycles. The van der Waals surface area contributed by atoms with E-state index in [1.807, 2.05) is 13.8 Å². The molecule has 0 aliphatic heterocycles. The van der Waals surface area contributed by atoms with Crippen LogP contribution in [0, 0.1) is 24.2 Å². The maximum atomic E-state index is 9.97. The summed E-state index contributed by atoms with van der Waals surface area (Å²) < 4.78 is 0. The van der Waals surface area contributed by atoms with E-state index in [2.05, 4.69) is 30.7 Å². The van der Waals surface area contributed by atoms with Gasteiger partial charge in [-0.3, -0.25) is 5.26 Å². The summed E-state index contributed by atoms with van der Waals surface area (Å²) in [6.45, 7) is 6.61. The van der Waals surface area contributed by atoms with Gasteiger partial charge >= 0.3 is 0 Å². The molecule has 0 aromatic heterocycles. The van der Waals surface area contributed by atoms with E-state index in [1.165, 1.54) is 5.57 Å². The van der Waals surface area contributed by atoms with Crippen LogP contribution in [-0.4, -0.2) is 23.1 Å².